The molecule has 3 fully saturated rings. The van der Waals surface area contributed by atoms with Gasteiger partial charge < -0.3 is 24.8 Å². The van der Waals surface area contributed by atoms with E-state index < -0.39 is 22.1 Å². The Morgan fingerprint density at radius 3 is 2.67 bits per heavy atom. The highest BCUT2D eigenvalue weighted by Gasteiger charge is 2.39. The summed E-state index contributed by atoms with van der Waals surface area (Å²) in [6.45, 7) is 5.59. The van der Waals surface area contributed by atoms with E-state index in [9.17, 15) is 17.6 Å². The predicted octanol–water partition coefficient (Wildman–Crippen LogP) is 3.28. The minimum Gasteiger partial charge on any atom is -0.378 e. The van der Waals surface area contributed by atoms with E-state index >= 15 is 0 Å². The fraction of sp³-hybridized carbons (Fsp3) is 0.531. The van der Waals surface area contributed by atoms with Crippen molar-refractivity contribution in [2.45, 2.75) is 57.5 Å². The Bertz CT molecular complexity index is 1800. The lowest BCUT2D eigenvalue weighted by molar-refractivity contribution is -0.126. The zero-order chi connectivity index (χ0) is 32.6. The largest absolute Gasteiger partial charge is 0.378 e. The van der Waals surface area contributed by atoms with Crippen molar-refractivity contribution in [2.75, 3.05) is 60.4 Å². The number of carbonyl (C=O) groups excluding carboxylic acids is 1. The number of aromatic nitrogens is 4. The maximum absolute atomic E-state index is 14.6. The van der Waals surface area contributed by atoms with Crippen LogP contribution in [0.25, 0.3) is 10.8 Å². The summed E-state index contributed by atoms with van der Waals surface area (Å²) in [6.07, 6.45) is 7.06. The number of nitrogens with one attached hydrogen (secondary N) is 1. The molecule has 14 heteroatoms. The average Bonchev–Trinajstić information content (AvgIpc) is 3.52. The number of halogens is 1. The number of methoxy groups -OCH3 is 1. The quantitative estimate of drug-likeness (QED) is 0.360. The van der Waals surface area contributed by atoms with Crippen LogP contribution >= 0.6 is 0 Å². The van der Waals surface area contributed by atoms with Gasteiger partial charge in [0.05, 0.1) is 42.0 Å². The van der Waals surface area contributed by atoms with E-state index in [2.05, 4.69) is 32.0 Å². The molecule has 3 saturated heterocycles. The van der Waals surface area contributed by atoms with Gasteiger partial charge in [0, 0.05) is 68.1 Å². The summed E-state index contributed by atoms with van der Waals surface area (Å²) in [5.41, 5.74) is 1.62. The van der Waals surface area contributed by atoms with Gasteiger partial charge in [-0.15, -0.1) is 0 Å². The van der Waals surface area contributed by atoms with Crippen molar-refractivity contribution in [3.05, 3.63) is 36.4 Å². The third-order valence-electron chi connectivity index (χ3n) is 9.24. The van der Waals surface area contributed by atoms with Crippen LogP contribution in [0.4, 0.5) is 27.7 Å². The second-order valence-electron chi connectivity index (χ2n) is 12.3. The lowest BCUT2D eigenvalue weighted by Gasteiger charge is -2.48. The van der Waals surface area contributed by atoms with Gasteiger partial charge in [0.25, 0.3) is 5.91 Å². The summed E-state index contributed by atoms with van der Waals surface area (Å²) in [5, 5.41) is 4.97. The van der Waals surface area contributed by atoms with Crippen LogP contribution in [0.3, 0.4) is 0 Å². The summed E-state index contributed by atoms with van der Waals surface area (Å²) in [5.74, 6) is 6.76. The van der Waals surface area contributed by atoms with Gasteiger partial charge >= 0.3 is 0 Å². The minimum atomic E-state index is -3.10. The molecule has 244 valence electrons. The van der Waals surface area contributed by atoms with E-state index in [-0.39, 0.29) is 36.2 Å². The number of fused-ring (bicyclic) bond motifs is 1. The van der Waals surface area contributed by atoms with Crippen molar-refractivity contribution in [2.24, 2.45) is 5.92 Å². The van der Waals surface area contributed by atoms with E-state index in [0.717, 1.165) is 35.0 Å². The topological polar surface area (TPSA) is 134 Å². The summed E-state index contributed by atoms with van der Waals surface area (Å²) in [7, 11) is -1.58. The van der Waals surface area contributed by atoms with Crippen molar-refractivity contribution < 1.29 is 22.3 Å². The van der Waals surface area contributed by atoms with Crippen LogP contribution in [0.5, 0.6) is 0 Å². The van der Waals surface area contributed by atoms with Crippen LogP contribution < -0.4 is 15.1 Å². The van der Waals surface area contributed by atoms with Crippen molar-refractivity contribution in [1.82, 2.24) is 24.8 Å². The predicted molar refractivity (Wildman–Crippen MR) is 175 cm³/mol. The number of alkyl halides is 1. The number of rotatable bonds is 8. The summed E-state index contributed by atoms with van der Waals surface area (Å²) in [4.78, 5) is 37.3. The molecule has 46 heavy (non-hydrogen) atoms. The van der Waals surface area contributed by atoms with Crippen LogP contribution in [0.2, 0.25) is 0 Å². The number of likely N-dealkylation sites (tertiary alicyclic amines) is 1. The van der Waals surface area contributed by atoms with E-state index in [1.165, 1.54) is 13.4 Å². The molecule has 0 spiro atoms. The number of anilines is 4. The second kappa shape index (κ2) is 13.0. The zero-order valence-corrected chi connectivity index (χ0v) is 27.3. The number of carbonyl (C=O) groups is 1. The van der Waals surface area contributed by atoms with Gasteiger partial charge in [0.15, 0.2) is 0 Å². The summed E-state index contributed by atoms with van der Waals surface area (Å²) >= 11 is 0. The molecule has 1 N–H and O–H groups in total. The van der Waals surface area contributed by atoms with Gasteiger partial charge in [-0.05, 0) is 51.2 Å². The van der Waals surface area contributed by atoms with Gasteiger partial charge in [-0.1, -0.05) is 5.92 Å². The van der Waals surface area contributed by atoms with E-state index in [4.69, 9.17) is 14.7 Å². The number of piperidine rings is 1. The van der Waals surface area contributed by atoms with Crippen molar-refractivity contribution in [3.63, 3.8) is 0 Å². The van der Waals surface area contributed by atoms with Gasteiger partial charge in [-0.2, -0.15) is 4.98 Å². The number of sulfone groups is 1. The molecule has 0 radical (unpaired) electrons. The first-order chi connectivity index (χ1) is 22.1. The van der Waals surface area contributed by atoms with Crippen molar-refractivity contribution in [3.8, 4) is 11.8 Å². The van der Waals surface area contributed by atoms with E-state index in [1.54, 1.807) is 30.3 Å². The number of hydrogen-bond donors (Lipinski definition) is 1. The molecule has 3 aromatic heterocycles. The SMILES string of the molecule is CC#CC(=O)N1CCCC1c1ncc(N2C[C@H](CS(C)(=O)=O)[C@H]2C)c2cnc(Nc3ccnc(N4CC[C@@H](OC)[C@@H](F)C4)n3)cc12. The first-order valence-corrected chi connectivity index (χ1v) is 17.6. The van der Waals surface area contributed by atoms with E-state index in [0.29, 0.717) is 43.6 Å². The lowest BCUT2D eigenvalue weighted by Crippen LogP contribution is -2.57. The third kappa shape index (κ3) is 6.43. The zero-order valence-electron chi connectivity index (χ0n) is 26.5. The molecule has 5 atom stereocenters. The molecule has 6 rings (SSSR count). The number of nitrogens with zero attached hydrogens (tertiary/aromatic N) is 7. The molecule has 3 aliphatic heterocycles. The second-order valence-corrected chi connectivity index (χ2v) is 14.5. The standard InChI is InChI=1S/C32H39FN8O4S/c1-5-7-30(42)40-12-6-8-25(40)31-22-14-29(37-28-9-11-34-32(38-28)39-13-10-27(45-3)24(33)18-39)35-15-23(22)26(16-36-31)41-17-21(20(41)2)19-46(4,43)44/h9,11,14-16,20-21,24-25,27H,6,8,10,12-13,17-19H2,1-4H3,(H,34,35,37,38)/t20-,21-,24+,25?,27-/m1/s1. The number of ether oxygens (including phenoxy) is 1. The van der Waals surface area contributed by atoms with Crippen LogP contribution in [-0.4, -0.2) is 103 Å². The van der Waals surface area contributed by atoms with Crippen molar-refractivity contribution in [1.29, 1.82) is 0 Å². The fourth-order valence-electron chi connectivity index (χ4n) is 6.80. The molecule has 3 aromatic rings. The summed E-state index contributed by atoms with van der Waals surface area (Å²) in [6, 6.07) is 3.39. The molecule has 3 aliphatic rings. The highest BCUT2D eigenvalue weighted by molar-refractivity contribution is 7.90. The van der Waals surface area contributed by atoms with Crippen molar-refractivity contribution >= 4 is 49.8 Å². The van der Waals surface area contributed by atoms with Gasteiger partial charge in [0.1, 0.15) is 27.6 Å². The molecule has 0 saturated carbocycles. The van der Waals surface area contributed by atoms with Gasteiger partial charge in [0.2, 0.25) is 5.95 Å². The molecule has 0 aliphatic carbocycles. The lowest BCUT2D eigenvalue weighted by atomic mass is 9.90. The molecule has 0 bridgehead atoms. The molecule has 0 aromatic carbocycles. The average molecular weight is 651 g/mol. The Labute approximate surface area is 268 Å². The highest BCUT2D eigenvalue weighted by Crippen LogP contribution is 2.41. The minimum absolute atomic E-state index is 0.00470. The number of hydrogen-bond acceptors (Lipinski definition) is 11. The smallest absolute Gasteiger partial charge is 0.299 e. The monoisotopic (exact) mass is 650 g/mol. The molecule has 6 heterocycles. The molecule has 12 nitrogen and oxygen atoms in total. The Morgan fingerprint density at radius 2 is 1.96 bits per heavy atom. The molecular weight excluding hydrogens is 611 g/mol. The Hall–Kier alpha value is -4.09. The molecule has 1 amide bonds. The Balaban J connectivity index is 1.33. The highest BCUT2D eigenvalue weighted by atomic mass is 32.2. The number of pyridine rings is 2. The van der Waals surface area contributed by atoms with E-state index in [1.807, 2.05) is 24.1 Å². The van der Waals surface area contributed by atoms with Crippen LogP contribution in [-0.2, 0) is 19.4 Å². The Kier molecular flexibility index (Phi) is 8.98. The number of amides is 1. The summed E-state index contributed by atoms with van der Waals surface area (Å²) < 4.78 is 43.8. The molecular formula is C32H39FN8O4S. The van der Waals surface area contributed by atoms with Gasteiger partial charge in [-0.3, -0.25) is 9.78 Å². The van der Waals surface area contributed by atoms with Gasteiger partial charge in [-0.25, -0.2) is 22.8 Å². The maximum atomic E-state index is 14.6. The normalized spacial score (nSPS) is 24.8. The molecule has 1 unspecified atom stereocenters. The van der Waals surface area contributed by atoms with Crippen LogP contribution in [0, 0.1) is 17.8 Å². The van der Waals surface area contributed by atoms with Crippen LogP contribution in [0.15, 0.2) is 30.7 Å². The Morgan fingerprint density at radius 1 is 1.13 bits per heavy atom. The first kappa shape index (κ1) is 31.9. The fourth-order valence-corrected chi connectivity index (χ4v) is 7.96. The van der Waals surface area contributed by atoms with Crippen LogP contribution in [0.1, 0.15) is 44.8 Å². The first-order valence-electron chi connectivity index (χ1n) is 15.5. The third-order valence-corrected chi connectivity index (χ3v) is 10.3. The maximum Gasteiger partial charge on any atom is 0.299 e.